The van der Waals surface area contributed by atoms with E-state index in [1.165, 1.54) is 12.8 Å². The average Bonchev–Trinajstić information content (AvgIpc) is 3.35. The lowest BCUT2D eigenvalue weighted by molar-refractivity contribution is 0.353. The van der Waals surface area contributed by atoms with E-state index in [0.717, 1.165) is 30.7 Å². The number of rotatable bonds is 4. The third kappa shape index (κ3) is 3.21. The Morgan fingerprint density at radius 1 is 0.909 bits per heavy atom. The summed E-state index contributed by atoms with van der Waals surface area (Å²) in [5, 5.41) is 5.13. The largest absolute Gasteiger partial charge is 0.453 e. The molecule has 1 saturated heterocycles. The van der Waals surface area contributed by atoms with Gasteiger partial charge in [0.2, 0.25) is 0 Å². The van der Waals surface area contributed by atoms with Crippen molar-refractivity contribution < 1.29 is 4.42 Å². The fourth-order valence-corrected chi connectivity index (χ4v) is 5.10. The van der Waals surface area contributed by atoms with E-state index in [4.69, 9.17) is 4.42 Å². The lowest BCUT2D eigenvalue weighted by atomic mass is 9.99. The van der Waals surface area contributed by atoms with Crippen LogP contribution in [0.3, 0.4) is 0 Å². The van der Waals surface area contributed by atoms with Gasteiger partial charge in [0.1, 0.15) is 0 Å². The zero-order chi connectivity index (χ0) is 22.5. The number of H-pyrrole nitrogens is 1. The van der Waals surface area contributed by atoms with Crippen LogP contribution in [0.5, 0.6) is 0 Å². The van der Waals surface area contributed by atoms with Crippen molar-refractivity contribution >= 4 is 49.4 Å². The number of fused-ring (bicyclic) bond motifs is 5. The Hall–Kier alpha value is -3.64. The number of anilines is 1. The van der Waals surface area contributed by atoms with Crippen molar-refractivity contribution in [3.8, 4) is 0 Å². The molecule has 6 nitrogen and oxygen atoms in total. The van der Waals surface area contributed by atoms with Gasteiger partial charge in [-0.2, -0.15) is 0 Å². The van der Waals surface area contributed by atoms with E-state index in [1.54, 1.807) is 24.3 Å². The first-order chi connectivity index (χ1) is 16.1. The number of likely N-dealkylation sites (tertiary alicyclic amines) is 1. The minimum atomic E-state index is -0.159. The van der Waals surface area contributed by atoms with E-state index in [1.807, 2.05) is 31.2 Å². The first kappa shape index (κ1) is 20.0. The number of benzene rings is 4. The van der Waals surface area contributed by atoms with Crippen LogP contribution in [0.2, 0.25) is 0 Å². The summed E-state index contributed by atoms with van der Waals surface area (Å²) in [4.78, 5) is 33.1. The number of nitrogens with one attached hydrogen (secondary N) is 2. The molecule has 0 bridgehead atoms. The second kappa shape index (κ2) is 7.74. The van der Waals surface area contributed by atoms with Gasteiger partial charge >= 0.3 is 0 Å². The van der Waals surface area contributed by atoms with E-state index >= 15 is 0 Å². The summed E-state index contributed by atoms with van der Waals surface area (Å²) in [6.07, 6.45) is 2.46. The molecular formula is C27H25N3O3. The van der Waals surface area contributed by atoms with Gasteiger partial charge in [0.25, 0.3) is 0 Å². The average molecular weight is 440 g/mol. The molecular weight excluding hydrogens is 414 g/mol. The number of hydrogen-bond donors (Lipinski definition) is 2. The van der Waals surface area contributed by atoms with Gasteiger partial charge in [-0.05, 0) is 44.5 Å². The minimum absolute atomic E-state index is 0.135. The molecule has 6 heteroatoms. The highest BCUT2D eigenvalue weighted by atomic mass is 16.3. The molecule has 0 aliphatic carbocycles. The van der Waals surface area contributed by atoms with Gasteiger partial charge in [-0.25, -0.2) is 0 Å². The molecule has 33 heavy (non-hydrogen) atoms. The standard InChI is InChI=1S/C27H25N3O3/c1-16-7-6-10-20-24(16)29-25-21(33-20)15-19(28-11-14-30-12-4-5-13-30)22-23(25)27(32)18-9-3-2-8-17(18)26(22)31/h2-3,6-10,15,28-29H,4-5,11-14H2,1H3. The van der Waals surface area contributed by atoms with Crippen LogP contribution in [0, 0.1) is 6.92 Å². The van der Waals surface area contributed by atoms with Crippen LogP contribution in [-0.2, 0) is 0 Å². The van der Waals surface area contributed by atoms with Crippen LogP contribution in [0.15, 0.2) is 62.5 Å². The zero-order valence-electron chi connectivity index (χ0n) is 18.5. The SMILES string of the molecule is Cc1cccc2oc3cc(NCCN4CCCC4)c4c(=O)c5ccccc5c(=O)c4c3[nH]c12. The van der Waals surface area contributed by atoms with Gasteiger partial charge in [-0.3, -0.25) is 9.59 Å². The first-order valence-corrected chi connectivity index (χ1v) is 11.5. The summed E-state index contributed by atoms with van der Waals surface area (Å²) in [7, 11) is 0. The fraction of sp³-hybridized carbons (Fsp3) is 0.259. The number of nitrogens with zero attached hydrogens (tertiary/aromatic N) is 1. The second-order valence-corrected chi connectivity index (χ2v) is 8.90. The van der Waals surface area contributed by atoms with Crippen LogP contribution in [0.4, 0.5) is 5.69 Å². The zero-order valence-corrected chi connectivity index (χ0v) is 18.5. The molecule has 4 aromatic carbocycles. The predicted molar refractivity (Wildman–Crippen MR) is 135 cm³/mol. The highest BCUT2D eigenvalue weighted by molar-refractivity contribution is 6.14. The molecule has 0 atom stereocenters. The maximum atomic E-state index is 13.7. The van der Waals surface area contributed by atoms with E-state index in [-0.39, 0.29) is 10.9 Å². The summed E-state index contributed by atoms with van der Waals surface area (Å²) in [5.41, 5.74) is 4.00. The van der Waals surface area contributed by atoms with Crippen molar-refractivity contribution in [2.24, 2.45) is 0 Å². The van der Waals surface area contributed by atoms with Gasteiger partial charge in [-0.1, -0.05) is 36.4 Å². The van der Waals surface area contributed by atoms with Gasteiger partial charge < -0.3 is 19.6 Å². The van der Waals surface area contributed by atoms with Crippen LogP contribution in [-0.4, -0.2) is 36.1 Å². The lowest BCUT2D eigenvalue weighted by Gasteiger charge is -2.17. The van der Waals surface area contributed by atoms with Crippen LogP contribution < -0.4 is 16.2 Å². The topological polar surface area (TPSA) is 78.3 Å². The van der Waals surface area contributed by atoms with Gasteiger partial charge in [-0.15, -0.1) is 0 Å². The van der Waals surface area contributed by atoms with Gasteiger partial charge in [0.15, 0.2) is 22.0 Å². The summed E-state index contributed by atoms with van der Waals surface area (Å²) in [6.45, 7) is 5.79. The third-order valence-electron chi connectivity index (χ3n) is 6.81. The molecule has 2 heterocycles. The van der Waals surface area contributed by atoms with Crippen LogP contribution >= 0.6 is 0 Å². The molecule has 0 amide bonds. The van der Waals surface area contributed by atoms with Crippen molar-refractivity contribution in [3.63, 3.8) is 0 Å². The van der Waals surface area contributed by atoms with Crippen molar-refractivity contribution in [1.82, 2.24) is 9.88 Å². The van der Waals surface area contributed by atoms with E-state index in [2.05, 4.69) is 15.2 Å². The molecule has 1 aliphatic heterocycles. The Labute approximate surface area is 189 Å². The van der Waals surface area contributed by atoms with Gasteiger partial charge in [0, 0.05) is 29.9 Å². The van der Waals surface area contributed by atoms with Crippen molar-refractivity contribution in [3.05, 3.63) is 74.5 Å². The molecule has 1 aliphatic rings. The van der Waals surface area contributed by atoms with E-state index < -0.39 is 0 Å². The van der Waals surface area contributed by atoms with Crippen LogP contribution in [0.1, 0.15) is 18.4 Å². The normalized spacial score (nSPS) is 14.7. The molecule has 0 radical (unpaired) electrons. The maximum Gasteiger partial charge on any atom is 0.196 e. The Bertz CT molecular complexity index is 1660. The highest BCUT2D eigenvalue weighted by Gasteiger charge is 2.19. The molecule has 5 aromatic rings. The molecule has 0 saturated carbocycles. The Balaban J connectivity index is 1.66. The number of aromatic nitrogens is 1. The predicted octanol–water partition coefficient (Wildman–Crippen LogP) is 4.76. The summed E-state index contributed by atoms with van der Waals surface area (Å²) in [6, 6.07) is 14.7. The quantitative estimate of drug-likeness (QED) is 0.312. The number of aryl methyl sites for hydroxylation is 1. The van der Waals surface area contributed by atoms with Crippen molar-refractivity contribution in [1.29, 1.82) is 0 Å². The summed E-state index contributed by atoms with van der Waals surface area (Å²) in [5.74, 6) is 0. The Morgan fingerprint density at radius 3 is 2.39 bits per heavy atom. The number of para-hydroxylation sites is 1. The molecule has 1 fully saturated rings. The monoisotopic (exact) mass is 439 g/mol. The van der Waals surface area contributed by atoms with Crippen molar-refractivity contribution in [2.75, 3.05) is 31.5 Å². The van der Waals surface area contributed by atoms with E-state index in [9.17, 15) is 9.59 Å². The Morgan fingerprint density at radius 2 is 1.64 bits per heavy atom. The molecule has 166 valence electrons. The molecule has 2 N–H and O–H groups in total. The minimum Gasteiger partial charge on any atom is -0.453 e. The fourth-order valence-electron chi connectivity index (χ4n) is 5.10. The van der Waals surface area contributed by atoms with Gasteiger partial charge in [0.05, 0.1) is 27.5 Å². The van der Waals surface area contributed by atoms with Crippen molar-refractivity contribution in [2.45, 2.75) is 19.8 Å². The molecule has 0 spiro atoms. The Kier molecular flexibility index (Phi) is 4.69. The summed E-state index contributed by atoms with van der Waals surface area (Å²) >= 11 is 0. The first-order valence-electron chi connectivity index (χ1n) is 11.5. The number of hydrogen-bond acceptors (Lipinski definition) is 5. The third-order valence-corrected chi connectivity index (χ3v) is 6.81. The van der Waals surface area contributed by atoms with E-state index in [0.29, 0.717) is 50.5 Å². The smallest absolute Gasteiger partial charge is 0.196 e. The lowest BCUT2D eigenvalue weighted by Crippen LogP contribution is -2.26. The summed E-state index contributed by atoms with van der Waals surface area (Å²) < 4.78 is 6.24. The van der Waals surface area contributed by atoms with Crippen LogP contribution in [0.25, 0.3) is 43.7 Å². The second-order valence-electron chi connectivity index (χ2n) is 8.90. The highest BCUT2D eigenvalue weighted by Crippen LogP contribution is 2.31. The molecule has 6 rings (SSSR count). The molecule has 1 aromatic heterocycles. The maximum absolute atomic E-state index is 13.7. The number of aromatic amines is 1. The molecule has 0 unspecified atom stereocenters.